The van der Waals surface area contributed by atoms with E-state index in [1.54, 1.807) is 32.3 Å². The third-order valence-electron chi connectivity index (χ3n) is 21.8. The smallest absolute Gasteiger partial charge is 0.397 e. The second kappa shape index (κ2) is 53.6. The van der Waals surface area contributed by atoms with Gasteiger partial charge in [0.25, 0.3) is 0 Å². The van der Waals surface area contributed by atoms with Crippen LogP contribution in [0.3, 0.4) is 0 Å². The van der Waals surface area contributed by atoms with E-state index >= 15 is 0 Å². The quantitative estimate of drug-likeness (QED) is 0.0104. The van der Waals surface area contributed by atoms with Gasteiger partial charge in [-0.2, -0.15) is 8.42 Å². The molecule has 4 heterocycles. The minimum absolute atomic E-state index is 0.0201. The average molecular weight is 1590 g/mol. The van der Waals surface area contributed by atoms with Crippen molar-refractivity contribution in [3.63, 3.8) is 0 Å². The molecule has 22 unspecified atom stereocenters. The number of carbonyl (C=O) groups excluding carboxylic acids is 2. The fraction of sp³-hybridized carbons (Fsp3) is 0.852. The predicted octanol–water partition coefficient (Wildman–Crippen LogP) is 10.4. The summed E-state index contributed by atoms with van der Waals surface area (Å²) in [7, 11) is -3.68. The Morgan fingerprint density at radius 3 is 1.83 bits per heavy atom. The van der Waals surface area contributed by atoms with Crippen molar-refractivity contribution in [3.05, 3.63) is 57.7 Å². The number of cyclic esters (lactones) is 1. The average Bonchev–Trinajstić information content (AvgIpc) is 1.78. The van der Waals surface area contributed by atoms with Crippen molar-refractivity contribution >= 4 is 33.6 Å². The molecular formula is C81H144N4O22S2. The molecule has 16 N–H and O–H groups in total. The predicted molar refractivity (Wildman–Crippen MR) is 419 cm³/mol. The Kier molecular flexibility index (Phi) is 48.2. The van der Waals surface area contributed by atoms with Gasteiger partial charge in [-0.3, -0.25) is 9.35 Å². The lowest BCUT2D eigenvalue weighted by molar-refractivity contribution is -0.120. The minimum Gasteiger partial charge on any atom is -0.456 e. The fourth-order valence-electron chi connectivity index (χ4n) is 14.9. The highest BCUT2D eigenvalue weighted by Gasteiger charge is 2.40. The maximum atomic E-state index is 14.3. The molecule has 2 aliphatic heterocycles. The number of oxazole rings is 1. The van der Waals surface area contributed by atoms with Gasteiger partial charge in [-0.15, -0.1) is 11.3 Å². The fourth-order valence-corrected chi connectivity index (χ4v) is 16.4. The molecule has 2 aromatic rings. The number of ether oxygens (including phenoxy) is 3. The molecule has 0 aliphatic carbocycles. The Labute approximate surface area is 654 Å². The van der Waals surface area contributed by atoms with Gasteiger partial charge in [-0.1, -0.05) is 104 Å². The molecule has 109 heavy (non-hydrogen) atoms. The van der Waals surface area contributed by atoms with Crippen LogP contribution in [0.4, 0.5) is 0 Å². The number of hydrogen-bond donors (Lipinski definition) is 15. The van der Waals surface area contributed by atoms with E-state index in [1.165, 1.54) is 64.9 Å². The van der Waals surface area contributed by atoms with Gasteiger partial charge in [0.05, 0.1) is 102 Å². The first-order chi connectivity index (χ1) is 51.7. The lowest BCUT2D eigenvalue weighted by Gasteiger charge is -2.35. The maximum Gasteiger partial charge on any atom is 0.397 e. The number of aliphatic hydroxyl groups is 12. The molecule has 2 aromatic heterocycles. The van der Waals surface area contributed by atoms with Crippen molar-refractivity contribution in [2.75, 3.05) is 7.11 Å². The Bertz CT molecular complexity index is 2920. The first-order valence-electron chi connectivity index (χ1n) is 41.2. The summed E-state index contributed by atoms with van der Waals surface area (Å²) in [5, 5.41) is 137. The van der Waals surface area contributed by atoms with Gasteiger partial charge >= 0.3 is 16.4 Å². The Morgan fingerprint density at radius 1 is 0.651 bits per heavy atom. The zero-order valence-corrected chi connectivity index (χ0v) is 68.4. The summed E-state index contributed by atoms with van der Waals surface area (Å²) in [6, 6.07) is -1.19. The first-order valence-corrected chi connectivity index (χ1v) is 43.4. The molecule has 2 bridgehead atoms. The second-order valence-electron chi connectivity index (χ2n) is 32.5. The van der Waals surface area contributed by atoms with E-state index in [2.05, 4.69) is 29.5 Å². The Hall–Kier alpha value is -3.47. The lowest BCUT2D eigenvalue weighted by Crippen LogP contribution is -2.55. The van der Waals surface area contributed by atoms with Crippen LogP contribution in [-0.2, 0) is 46.4 Å². The SMILES string of the molecule is COC1/C=C\C(C)CCC(O)CC(O)CCCC(O)CCCCC(C)C(OS(=O)(=O)O)C(NC(=O)/C(C)=C/C(C)C(O)CC(O)CC(O)CCCC(O)CC(O)CC(O)CC2OC(c3csc(CCCCCCCCCC[C@@H](C)N)n3)CCC2C)C(C)OC(=O)c2coc(n2)CCCC(O)CC(O)CCCC(O)C1. The minimum atomic E-state index is -5.24. The number of hydrogen-bond acceptors (Lipinski definition) is 25. The molecular weight excluding hydrogens is 1450 g/mol. The van der Waals surface area contributed by atoms with Crippen LogP contribution in [0.15, 0.2) is 39.9 Å². The number of methoxy groups -OCH3 is 1. The number of rotatable bonds is 33. The highest BCUT2D eigenvalue weighted by atomic mass is 32.3. The molecule has 23 atom stereocenters. The number of fused-ring (bicyclic) bond motifs is 2. The normalized spacial score (nSPS) is 29.7. The van der Waals surface area contributed by atoms with Gasteiger partial charge in [-0.25, -0.2) is 18.9 Å². The number of aromatic nitrogens is 2. The van der Waals surface area contributed by atoms with E-state index in [-0.39, 0.29) is 124 Å². The zero-order chi connectivity index (χ0) is 80.6. The highest BCUT2D eigenvalue weighted by Crippen LogP contribution is 2.38. The molecule has 0 radical (unpaired) electrons. The van der Waals surface area contributed by atoms with Gasteiger partial charge in [0.1, 0.15) is 24.6 Å². The second-order valence-corrected chi connectivity index (χ2v) is 34.5. The molecule has 2 aliphatic rings. The van der Waals surface area contributed by atoms with E-state index in [0.717, 1.165) is 49.1 Å². The van der Waals surface area contributed by atoms with Crippen molar-refractivity contribution in [2.24, 2.45) is 29.4 Å². The standard InChI is InChI=1S/C81H144N4O22S2/c1-52-35-38-66(93)43-61(88)27-19-26-59(86)25-18-17-23-54(3)79(107-109(100,101)102)78(58(7)105-81(99)71-50-104-76(83-71)33-22-32-62(89)42-60(87)28-21-31-65(92)47-70(103-8)39-36-52)85-80(98)56(5)41-55(4)73(97)48-68(95)45-64(91)30-20-29-63(90)44-67(94)46-69(96)49-75-53(2)37-40-74(106-75)72-51-108-77(84-72)34-16-14-12-10-9-11-13-15-24-57(6)82/h36,39,41,50-55,57-70,73-75,78-79,86-97H,9-35,37-38,40,42-49,82H2,1-8H3,(H,85,98)(H,100,101,102)/b39-36-,56-41+/t52?,53?,54?,55?,57-,58?,59?,60?,61?,62?,63?,64?,65?,66?,67?,68?,69?,70?,73?,74?,75?,78?,79?/m1/s1. The molecule has 26 nitrogen and oxygen atoms in total. The summed E-state index contributed by atoms with van der Waals surface area (Å²) < 4.78 is 64.4. The number of thiazole rings is 1. The van der Waals surface area contributed by atoms with Crippen molar-refractivity contribution < 1.29 is 107 Å². The monoisotopic (exact) mass is 1590 g/mol. The van der Waals surface area contributed by atoms with Crippen LogP contribution in [0.25, 0.3) is 0 Å². The zero-order valence-electron chi connectivity index (χ0n) is 66.8. The molecule has 0 spiro atoms. The number of amides is 1. The number of unbranched alkanes of at least 4 members (excludes halogenated alkanes) is 7. The van der Waals surface area contributed by atoms with Crippen molar-refractivity contribution in [3.8, 4) is 0 Å². The van der Waals surface area contributed by atoms with Gasteiger partial charge in [0.15, 0.2) is 11.6 Å². The number of carbonyl (C=O) groups is 2. The van der Waals surface area contributed by atoms with Crippen LogP contribution in [0.5, 0.6) is 0 Å². The number of nitrogens with zero attached hydrogens (tertiary/aromatic N) is 2. The molecule has 1 fully saturated rings. The molecule has 0 aromatic carbocycles. The van der Waals surface area contributed by atoms with Crippen LogP contribution in [-0.4, -0.2) is 213 Å². The summed E-state index contributed by atoms with van der Waals surface area (Å²) in [6.07, 6.45) is 12.9. The lowest BCUT2D eigenvalue weighted by atomic mass is 9.88. The molecule has 28 heteroatoms. The van der Waals surface area contributed by atoms with Crippen LogP contribution < -0.4 is 11.1 Å². The number of nitrogens with one attached hydrogen (secondary N) is 1. The number of aliphatic hydroxyl groups excluding tert-OH is 12. The number of allylic oxidation sites excluding steroid dienone is 1. The van der Waals surface area contributed by atoms with E-state index < -0.39 is 126 Å². The van der Waals surface area contributed by atoms with Crippen LogP contribution in [0.2, 0.25) is 0 Å². The summed E-state index contributed by atoms with van der Waals surface area (Å²) in [5.41, 5.74) is 6.57. The van der Waals surface area contributed by atoms with E-state index in [4.69, 9.17) is 33.5 Å². The maximum absolute atomic E-state index is 14.3. The molecule has 632 valence electrons. The van der Waals surface area contributed by atoms with E-state index in [1.807, 2.05) is 19.1 Å². The molecule has 1 amide bonds. The Balaban J connectivity index is 1.31. The summed E-state index contributed by atoms with van der Waals surface area (Å²) in [6.45, 7) is 12.2. The summed E-state index contributed by atoms with van der Waals surface area (Å²) in [4.78, 5) is 37.3. The number of esters is 1. The van der Waals surface area contributed by atoms with Gasteiger partial charge in [0, 0.05) is 42.9 Å². The molecule has 1 saturated heterocycles. The highest BCUT2D eigenvalue weighted by molar-refractivity contribution is 7.80. The van der Waals surface area contributed by atoms with Gasteiger partial charge < -0.3 is 91.0 Å². The topological polar surface area (TPSA) is 445 Å². The van der Waals surface area contributed by atoms with Crippen LogP contribution >= 0.6 is 11.3 Å². The van der Waals surface area contributed by atoms with E-state index in [0.29, 0.717) is 96.3 Å². The Morgan fingerprint density at radius 2 is 1.21 bits per heavy atom. The first kappa shape index (κ1) is 97.9. The third kappa shape index (κ3) is 42.6. The van der Waals surface area contributed by atoms with Crippen molar-refractivity contribution in [2.45, 2.75) is 408 Å². The molecule has 4 rings (SSSR count). The summed E-state index contributed by atoms with van der Waals surface area (Å²) in [5.74, 6) is -2.94. The van der Waals surface area contributed by atoms with Crippen molar-refractivity contribution in [1.82, 2.24) is 15.3 Å². The van der Waals surface area contributed by atoms with Gasteiger partial charge in [-0.05, 0) is 212 Å². The third-order valence-corrected chi connectivity index (χ3v) is 23.2. The van der Waals surface area contributed by atoms with Gasteiger partial charge in [0.2, 0.25) is 5.91 Å². The van der Waals surface area contributed by atoms with Crippen molar-refractivity contribution in [1.29, 1.82) is 0 Å². The van der Waals surface area contributed by atoms with Crippen LogP contribution in [0, 0.1) is 23.7 Å². The van der Waals surface area contributed by atoms with E-state index in [9.17, 15) is 83.8 Å². The number of nitrogens with two attached hydrogens (primary N) is 1. The number of aryl methyl sites for hydroxylation is 2. The largest absolute Gasteiger partial charge is 0.456 e. The molecule has 0 saturated carbocycles. The van der Waals surface area contributed by atoms with Crippen LogP contribution in [0.1, 0.15) is 313 Å². The summed E-state index contributed by atoms with van der Waals surface area (Å²) >= 11 is 1.68.